The van der Waals surface area contributed by atoms with E-state index in [1.165, 1.54) is 95.0 Å². The van der Waals surface area contributed by atoms with E-state index < -0.39 is 0 Å². The standard InChI is InChI=1S/C66H48N2OS2/c1-39(2)41-29-31-46-53-37-56-47-32-30-44(67(42-17-7-5-8-18-42)57-25-15-23-51-48-21-11-13-27-61(48)70-65(51)57)36-60(47)69-64-45(40(3)4)33-34-50(63(56)64)54(53)38-59(55(46)35-41)68(43-19-9-6-10-20-43)58-26-16-24-52-49-22-12-14-28-62(49)71-66(52)58/h5-40H,1-4H3. The highest BCUT2D eigenvalue weighted by Crippen LogP contribution is 2.56. The van der Waals surface area contributed by atoms with E-state index in [0.29, 0.717) is 5.92 Å². The Balaban J connectivity index is 1.03. The first-order valence-corrected chi connectivity index (χ1v) is 26.3. The molecule has 14 rings (SSSR count). The molecule has 1 aliphatic rings. The third kappa shape index (κ3) is 6.53. The lowest BCUT2D eigenvalue weighted by Crippen LogP contribution is -2.11. The lowest BCUT2D eigenvalue weighted by Gasteiger charge is -2.30. The Kier molecular flexibility index (Phi) is 9.64. The van der Waals surface area contributed by atoms with Gasteiger partial charge in [-0.1, -0.05) is 149 Å². The Labute approximate surface area is 421 Å². The summed E-state index contributed by atoms with van der Waals surface area (Å²) in [6.07, 6.45) is 0. The third-order valence-corrected chi connectivity index (χ3v) is 17.2. The van der Waals surface area contributed by atoms with Crippen molar-refractivity contribution in [2.45, 2.75) is 39.5 Å². The molecule has 1 aliphatic heterocycles. The van der Waals surface area contributed by atoms with Crippen molar-refractivity contribution in [2.24, 2.45) is 0 Å². The van der Waals surface area contributed by atoms with Crippen LogP contribution in [0, 0.1) is 0 Å². The minimum atomic E-state index is 0.242. The number of hydrogen-bond acceptors (Lipinski definition) is 5. The van der Waals surface area contributed by atoms with Crippen LogP contribution in [0.4, 0.5) is 34.1 Å². The van der Waals surface area contributed by atoms with Crippen LogP contribution < -0.4 is 14.5 Å². The molecule has 0 atom stereocenters. The maximum Gasteiger partial charge on any atom is 0.139 e. The van der Waals surface area contributed by atoms with Gasteiger partial charge >= 0.3 is 0 Å². The Morgan fingerprint density at radius 2 is 0.944 bits per heavy atom. The number of hydrogen-bond donors (Lipinski definition) is 0. The first-order valence-electron chi connectivity index (χ1n) is 24.7. The van der Waals surface area contributed by atoms with Crippen LogP contribution in [0.15, 0.2) is 206 Å². The maximum atomic E-state index is 7.38. The van der Waals surface area contributed by atoms with Crippen molar-refractivity contribution in [3.05, 3.63) is 217 Å². The minimum absolute atomic E-state index is 0.242. The summed E-state index contributed by atoms with van der Waals surface area (Å²) in [6.45, 7) is 9.15. The second kappa shape index (κ2) is 16.3. The van der Waals surface area contributed by atoms with Crippen molar-refractivity contribution in [1.82, 2.24) is 0 Å². The van der Waals surface area contributed by atoms with Gasteiger partial charge < -0.3 is 14.5 Å². The minimum Gasteiger partial charge on any atom is -0.456 e. The number of nitrogens with zero attached hydrogens (tertiary/aromatic N) is 2. The predicted molar refractivity (Wildman–Crippen MR) is 308 cm³/mol. The quantitative estimate of drug-likeness (QED) is 0.141. The van der Waals surface area contributed by atoms with E-state index in [-0.39, 0.29) is 5.92 Å². The highest BCUT2D eigenvalue weighted by Gasteiger charge is 2.29. The molecular formula is C66H48N2OS2. The van der Waals surface area contributed by atoms with Crippen LogP contribution in [0.25, 0.3) is 83.8 Å². The monoisotopic (exact) mass is 948 g/mol. The summed E-state index contributed by atoms with van der Waals surface area (Å²) in [6, 6.07) is 76.5. The smallest absolute Gasteiger partial charge is 0.139 e. The van der Waals surface area contributed by atoms with Crippen LogP contribution in [-0.4, -0.2) is 0 Å². The number of ether oxygens (including phenoxy) is 1. The van der Waals surface area contributed by atoms with Gasteiger partial charge in [-0.15, -0.1) is 22.7 Å². The molecule has 0 spiro atoms. The first-order chi connectivity index (χ1) is 34.9. The number of para-hydroxylation sites is 2. The van der Waals surface area contributed by atoms with Gasteiger partial charge in [0.05, 0.1) is 26.5 Å². The van der Waals surface area contributed by atoms with E-state index >= 15 is 0 Å². The summed E-state index contributed by atoms with van der Waals surface area (Å²) in [5, 5.41) is 12.4. The molecule has 71 heavy (non-hydrogen) atoms. The van der Waals surface area contributed by atoms with Crippen molar-refractivity contribution in [3.8, 4) is 22.6 Å². The summed E-state index contributed by atoms with van der Waals surface area (Å²) >= 11 is 3.73. The van der Waals surface area contributed by atoms with Crippen molar-refractivity contribution < 1.29 is 4.74 Å². The normalized spacial score (nSPS) is 12.3. The Morgan fingerprint density at radius 1 is 0.366 bits per heavy atom. The number of thiophene rings is 2. The average Bonchev–Trinajstić information content (AvgIpc) is 3.99. The molecule has 5 heteroatoms. The molecule has 340 valence electrons. The Morgan fingerprint density at radius 3 is 1.59 bits per heavy atom. The summed E-state index contributed by atoms with van der Waals surface area (Å²) in [5.74, 6) is 2.41. The van der Waals surface area contributed by atoms with Crippen LogP contribution in [0.2, 0.25) is 0 Å². The van der Waals surface area contributed by atoms with Gasteiger partial charge in [-0.25, -0.2) is 0 Å². The summed E-state index contributed by atoms with van der Waals surface area (Å²) in [5.41, 5.74) is 11.6. The number of benzene rings is 11. The number of fused-ring (bicyclic) bond motifs is 12. The number of anilines is 6. The van der Waals surface area contributed by atoms with Gasteiger partial charge in [0.15, 0.2) is 0 Å². The van der Waals surface area contributed by atoms with Gasteiger partial charge in [0.1, 0.15) is 11.5 Å². The zero-order valence-electron chi connectivity index (χ0n) is 39.9. The van der Waals surface area contributed by atoms with Crippen molar-refractivity contribution >= 4 is 129 Å². The summed E-state index contributed by atoms with van der Waals surface area (Å²) in [7, 11) is 0. The van der Waals surface area contributed by atoms with E-state index in [1.807, 2.05) is 22.7 Å². The predicted octanol–water partition coefficient (Wildman–Crippen LogP) is 20.8. The van der Waals surface area contributed by atoms with E-state index in [0.717, 1.165) is 45.5 Å². The Bertz CT molecular complexity index is 4280. The molecule has 0 fully saturated rings. The molecule has 0 bridgehead atoms. The molecule has 3 heterocycles. The van der Waals surface area contributed by atoms with E-state index in [4.69, 9.17) is 4.74 Å². The average molecular weight is 949 g/mol. The zero-order chi connectivity index (χ0) is 47.5. The van der Waals surface area contributed by atoms with E-state index in [1.54, 1.807) is 0 Å². The van der Waals surface area contributed by atoms with Gasteiger partial charge in [-0.3, -0.25) is 0 Å². The molecular weight excluding hydrogens is 901 g/mol. The van der Waals surface area contributed by atoms with Crippen LogP contribution in [-0.2, 0) is 0 Å². The molecule has 2 aromatic heterocycles. The van der Waals surface area contributed by atoms with Gasteiger partial charge in [0.2, 0.25) is 0 Å². The molecule has 0 unspecified atom stereocenters. The molecule has 0 saturated carbocycles. The van der Waals surface area contributed by atoms with E-state index in [2.05, 4.69) is 244 Å². The van der Waals surface area contributed by atoms with Crippen LogP contribution >= 0.6 is 22.7 Å². The molecule has 3 nitrogen and oxygen atoms in total. The second-order valence-corrected chi connectivity index (χ2v) is 21.7. The molecule has 11 aromatic carbocycles. The highest BCUT2D eigenvalue weighted by molar-refractivity contribution is 7.26. The fourth-order valence-electron chi connectivity index (χ4n) is 11.3. The molecule has 0 saturated heterocycles. The summed E-state index contributed by atoms with van der Waals surface area (Å²) in [4.78, 5) is 4.92. The zero-order valence-corrected chi connectivity index (χ0v) is 41.5. The van der Waals surface area contributed by atoms with Gasteiger partial charge in [0.25, 0.3) is 0 Å². The van der Waals surface area contributed by atoms with Gasteiger partial charge in [0, 0.05) is 70.4 Å². The second-order valence-electron chi connectivity index (χ2n) is 19.6. The molecule has 13 aromatic rings. The fraction of sp³-hybridized carbons (Fsp3) is 0.0909. The van der Waals surface area contributed by atoms with Crippen molar-refractivity contribution in [2.75, 3.05) is 9.80 Å². The lowest BCUT2D eigenvalue weighted by atomic mass is 9.85. The van der Waals surface area contributed by atoms with Gasteiger partial charge in [-0.05, 0) is 129 Å². The largest absolute Gasteiger partial charge is 0.456 e. The molecule has 0 radical (unpaired) electrons. The topological polar surface area (TPSA) is 15.7 Å². The highest BCUT2D eigenvalue weighted by atomic mass is 32.1. The summed E-state index contributed by atoms with van der Waals surface area (Å²) < 4.78 is 12.5. The molecule has 0 N–H and O–H groups in total. The first kappa shape index (κ1) is 42.0. The van der Waals surface area contributed by atoms with Crippen LogP contribution in [0.3, 0.4) is 0 Å². The number of rotatable bonds is 8. The lowest BCUT2D eigenvalue weighted by molar-refractivity contribution is 0.478. The van der Waals surface area contributed by atoms with E-state index in [9.17, 15) is 0 Å². The Hall–Kier alpha value is -7.96. The van der Waals surface area contributed by atoms with Crippen molar-refractivity contribution in [1.29, 1.82) is 0 Å². The van der Waals surface area contributed by atoms with Crippen molar-refractivity contribution in [3.63, 3.8) is 0 Å². The van der Waals surface area contributed by atoms with Crippen LogP contribution in [0.1, 0.15) is 50.7 Å². The van der Waals surface area contributed by atoms with Crippen LogP contribution in [0.5, 0.6) is 11.5 Å². The fourth-order valence-corrected chi connectivity index (χ4v) is 13.7. The third-order valence-electron chi connectivity index (χ3n) is 14.8. The maximum absolute atomic E-state index is 7.38. The van der Waals surface area contributed by atoms with Gasteiger partial charge in [-0.2, -0.15) is 0 Å². The SMILES string of the molecule is CC(C)c1ccc2c(c1)c(N(c1ccccc1)c1cccc3c1sc1ccccc13)cc1c3ccc(C(C)C)c4c3c(cc21)-c1ccc(N(c2ccccc2)c2cccc3c2sc2ccccc23)cc1O4. The molecule has 0 aliphatic carbocycles. The molecule has 0 amide bonds.